The fourth-order valence-corrected chi connectivity index (χ4v) is 1.21. The lowest BCUT2D eigenvalue weighted by molar-refractivity contribution is -0.143. The summed E-state index contributed by atoms with van der Waals surface area (Å²) in [6.07, 6.45) is 3.16. The van der Waals surface area contributed by atoms with Gasteiger partial charge in [-0.2, -0.15) is 5.10 Å². The van der Waals surface area contributed by atoms with Crippen molar-refractivity contribution in [3.63, 3.8) is 0 Å². The zero-order chi connectivity index (χ0) is 10.4. The van der Waals surface area contributed by atoms with Crippen LogP contribution < -0.4 is 0 Å². The van der Waals surface area contributed by atoms with Crippen LogP contribution in [0.3, 0.4) is 0 Å². The van der Waals surface area contributed by atoms with E-state index in [2.05, 4.69) is 5.10 Å². The van der Waals surface area contributed by atoms with Gasteiger partial charge in [-0.1, -0.05) is 0 Å². The highest BCUT2D eigenvalue weighted by Gasteiger charge is 2.01. The smallest absolute Gasteiger partial charge is 0.305 e. The van der Waals surface area contributed by atoms with Crippen molar-refractivity contribution in [1.29, 1.82) is 0 Å². The SMILES string of the molecule is CCOC(=O)CCCn1ccc(C)n1. The zero-order valence-electron chi connectivity index (χ0n) is 8.69. The van der Waals surface area contributed by atoms with Crippen LogP contribution in [0.25, 0.3) is 0 Å². The minimum absolute atomic E-state index is 0.128. The van der Waals surface area contributed by atoms with Crippen LogP contribution in [0.5, 0.6) is 0 Å². The molecule has 1 aromatic heterocycles. The van der Waals surface area contributed by atoms with Crippen molar-refractivity contribution in [2.24, 2.45) is 0 Å². The van der Waals surface area contributed by atoms with Crippen molar-refractivity contribution in [3.8, 4) is 0 Å². The first-order valence-electron chi connectivity index (χ1n) is 4.88. The summed E-state index contributed by atoms with van der Waals surface area (Å²) in [6.45, 7) is 4.99. The number of carbonyl (C=O) groups is 1. The lowest BCUT2D eigenvalue weighted by atomic mass is 10.3. The number of hydrogen-bond donors (Lipinski definition) is 0. The highest BCUT2D eigenvalue weighted by atomic mass is 16.5. The van der Waals surface area contributed by atoms with E-state index in [0.717, 1.165) is 18.7 Å². The van der Waals surface area contributed by atoms with E-state index >= 15 is 0 Å². The van der Waals surface area contributed by atoms with E-state index in [4.69, 9.17) is 4.74 Å². The lowest BCUT2D eigenvalue weighted by Gasteiger charge is -2.01. The summed E-state index contributed by atoms with van der Waals surface area (Å²) in [5.41, 5.74) is 1.00. The van der Waals surface area contributed by atoms with Gasteiger partial charge in [-0.15, -0.1) is 0 Å². The largest absolute Gasteiger partial charge is 0.466 e. The Balaban J connectivity index is 2.18. The average molecular weight is 196 g/mol. The number of aromatic nitrogens is 2. The molecule has 0 bridgehead atoms. The highest BCUT2D eigenvalue weighted by molar-refractivity contribution is 5.69. The maximum absolute atomic E-state index is 11.0. The Kier molecular flexibility index (Phi) is 4.16. The van der Waals surface area contributed by atoms with Crippen LogP contribution >= 0.6 is 0 Å². The highest BCUT2D eigenvalue weighted by Crippen LogP contribution is 1.98. The van der Waals surface area contributed by atoms with Crippen LogP contribution in [0.1, 0.15) is 25.5 Å². The molecular weight excluding hydrogens is 180 g/mol. The van der Waals surface area contributed by atoms with E-state index in [1.54, 1.807) is 0 Å². The molecule has 0 aromatic carbocycles. The standard InChI is InChI=1S/C10H16N2O2/c1-3-14-10(13)5-4-7-12-8-6-9(2)11-12/h6,8H,3-5,7H2,1-2H3. The second-order valence-corrected chi connectivity index (χ2v) is 3.13. The predicted molar refractivity (Wildman–Crippen MR) is 52.8 cm³/mol. The molecule has 4 nitrogen and oxygen atoms in total. The molecule has 0 amide bonds. The van der Waals surface area contributed by atoms with Crippen molar-refractivity contribution in [1.82, 2.24) is 9.78 Å². The van der Waals surface area contributed by atoms with Gasteiger partial charge in [-0.3, -0.25) is 9.48 Å². The third kappa shape index (κ3) is 3.60. The summed E-state index contributed by atoms with van der Waals surface area (Å²) in [7, 11) is 0. The van der Waals surface area contributed by atoms with Crippen molar-refractivity contribution in [2.75, 3.05) is 6.61 Å². The second kappa shape index (κ2) is 5.42. The van der Waals surface area contributed by atoms with Gasteiger partial charge in [-0.05, 0) is 26.3 Å². The molecule has 0 radical (unpaired) electrons. The first kappa shape index (κ1) is 10.8. The zero-order valence-corrected chi connectivity index (χ0v) is 8.69. The fraction of sp³-hybridized carbons (Fsp3) is 0.600. The number of nitrogens with zero attached hydrogens (tertiary/aromatic N) is 2. The third-order valence-corrected chi connectivity index (χ3v) is 1.85. The van der Waals surface area contributed by atoms with Crippen molar-refractivity contribution in [2.45, 2.75) is 33.2 Å². The molecule has 0 unspecified atom stereocenters. The summed E-state index contributed by atoms with van der Waals surface area (Å²) < 4.78 is 6.66. The molecule has 0 aliphatic carbocycles. The molecule has 0 aliphatic heterocycles. The summed E-state index contributed by atoms with van der Waals surface area (Å²) >= 11 is 0. The molecule has 78 valence electrons. The van der Waals surface area contributed by atoms with E-state index < -0.39 is 0 Å². The normalized spacial score (nSPS) is 10.1. The summed E-state index contributed by atoms with van der Waals surface area (Å²) in [5.74, 6) is -0.128. The van der Waals surface area contributed by atoms with Gasteiger partial charge in [-0.25, -0.2) is 0 Å². The van der Waals surface area contributed by atoms with Crippen molar-refractivity contribution < 1.29 is 9.53 Å². The topological polar surface area (TPSA) is 44.1 Å². The number of carbonyl (C=O) groups excluding carboxylic acids is 1. The number of rotatable bonds is 5. The average Bonchev–Trinajstić information content (AvgIpc) is 2.52. The van der Waals surface area contributed by atoms with Gasteiger partial charge in [0.2, 0.25) is 0 Å². The second-order valence-electron chi connectivity index (χ2n) is 3.13. The number of esters is 1. The van der Waals surface area contributed by atoms with Crippen LogP contribution in [0, 0.1) is 6.92 Å². The Labute approximate surface area is 83.9 Å². The first-order valence-corrected chi connectivity index (χ1v) is 4.88. The third-order valence-electron chi connectivity index (χ3n) is 1.85. The molecule has 0 saturated heterocycles. The summed E-state index contributed by atoms with van der Waals surface area (Å²) in [5, 5.41) is 4.22. The molecule has 4 heteroatoms. The maximum Gasteiger partial charge on any atom is 0.305 e. The van der Waals surface area contributed by atoms with Crippen LogP contribution in [-0.2, 0) is 16.1 Å². The van der Waals surface area contributed by atoms with Gasteiger partial charge in [0.15, 0.2) is 0 Å². The molecule has 1 aromatic rings. The molecule has 0 atom stereocenters. The molecule has 0 saturated carbocycles. The molecule has 0 aliphatic rings. The Morgan fingerprint density at radius 3 is 3.00 bits per heavy atom. The van der Waals surface area contributed by atoms with Crippen molar-refractivity contribution >= 4 is 5.97 Å². The number of ether oxygens (including phenoxy) is 1. The Morgan fingerprint density at radius 2 is 2.43 bits per heavy atom. The van der Waals surface area contributed by atoms with E-state index in [-0.39, 0.29) is 5.97 Å². The quantitative estimate of drug-likeness (QED) is 0.671. The summed E-state index contributed by atoms with van der Waals surface area (Å²) in [4.78, 5) is 11.0. The number of aryl methyl sites for hydroxylation is 2. The van der Waals surface area contributed by atoms with Gasteiger partial charge < -0.3 is 4.74 Å². The molecule has 1 heterocycles. The minimum atomic E-state index is -0.128. The first-order chi connectivity index (χ1) is 6.72. The van der Waals surface area contributed by atoms with Gasteiger partial charge in [0, 0.05) is 19.2 Å². The Hall–Kier alpha value is -1.32. The van der Waals surface area contributed by atoms with Crippen LogP contribution in [0.4, 0.5) is 0 Å². The summed E-state index contributed by atoms with van der Waals surface area (Å²) in [6, 6.07) is 1.95. The maximum atomic E-state index is 11.0. The van der Waals surface area contributed by atoms with E-state index in [1.807, 2.05) is 30.8 Å². The molecule has 0 N–H and O–H groups in total. The van der Waals surface area contributed by atoms with Crippen LogP contribution in [-0.4, -0.2) is 22.4 Å². The molecule has 14 heavy (non-hydrogen) atoms. The predicted octanol–water partition coefficient (Wildman–Crippen LogP) is 1.53. The van der Waals surface area contributed by atoms with Gasteiger partial charge in [0.1, 0.15) is 0 Å². The molecule has 0 spiro atoms. The lowest BCUT2D eigenvalue weighted by Crippen LogP contribution is -2.06. The molecule has 0 fully saturated rings. The van der Waals surface area contributed by atoms with Gasteiger partial charge in [0.05, 0.1) is 12.3 Å². The Morgan fingerprint density at radius 1 is 1.64 bits per heavy atom. The van der Waals surface area contributed by atoms with Crippen LogP contribution in [0.15, 0.2) is 12.3 Å². The van der Waals surface area contributed by atoms with E-state index in [9.17, 15) is 4.79 Å². The minimum Gasteiger partial charge on any atom is -0.466 e. The van der Waals surface area contributed by atoms with Gasteiger partial charge in [0.25, 0.3) is 0 Å². The van der Waals surface area contributed by atoms with Crippen LogP contribution in [0.2, 0.25) is 0 Å². The van der Waals surface area contributed by atoms with Gasteiger partial charge >= 0.3 is 5.97 Å². The Bertz CT molecular complexity index is 294. The van der Waals surface area contributed by atoms with Crippen molar-refractivity contribution in [3.05, 3.63) is 18.0 Å². The number of hydrogen-bond acceptors (Lipinski definition) is 3. The molecular formula is C10H16N2O2. The van der Waals surface area contributed by atoms with E-state index in [0.29, 0.717) is 13.0 Å². The molecule has 1 rings (SSSR count). The fourth-order valence-electron chi connectivity index (χ4n) is 1.21. The van der Waals surface area contributed by atoms with E-state index in [1.165, 1.54) is 0 Å². The monoisotopic (exact) mass is 196 g/mol.